The molecule has 0 spiro atoms. The first kappa shape index (κ1) is 18.6. The molecule has 2 amide bonds. The fraction of sp³-hybridized carbons (Fsp3) is 0.217. The van der Waals surface area contributed by atoms with Crippen molar-refractivity contribution in [2.24, 2.45) is 0 Å². The number of thioether (sulfide) groups is 1. The van der Waals surface area contributed by atoms with Gasteiger partial charge in [-0.3, -0.25) is 9.59 Å². The molecule has 1 saturated heterocycles. The number of benzene rings is 3. The van der Waals surface area contributed by atoms with Crippen molar-refractivity contribution in [3.05, 3.63) is 83.9 Å². The van der Waals surface area contributed by atoms with Crippen molar-refractivity contribution in [1.29, 1.82) is 0 Å². The Morgan fingerprint density at radius 1 is 1.00 bits per heavy atom. The highest BCUT2D eigenvalue weighted by Gasteiger charge is 2.34. The molecule has 0 saturated carbocycles. The zero-order valence-corrected chi connectivity index (χ0v) is 16.2. The lowest BCUT2D eigenvalue weighted by molar-refractivity contribution is -0.128. The summed E-state index contributed by atoms with van der Waals surface area (Å²) in [4.78, 5) is 25.5. The average molecular weight is 391 g/mol. The van der Waals surface area contributed by atoms with Gasteiger partial charge in [0.2, 0.25) is 11.8 Å². The van der Waals surface area contributed by atoms with Crippen LogP contribution < -0.4 is 10.6 Å². The average Bonchev–Trinajstić information content (AvgIpc) is 2.90. The lowest BCUT2D eigenvalue weighted by atomic mass is 9.97. The maximum Gasteiger partial charge on any atom is 0.244 e. The van der Waals surface area contributed by atoms with E-state index >= 15 is 0 Å². The summed E-state index contributed by atoms with van der Waals surface area (Å²) < 4.78 is 0. The van der Waals surface area contributed by atoms with Gasteiger partial charge < -0.3 is 10.6 Å². The van der Waals surface area contributed by atoms with Gasteiger partial charge >= 0.3 is 0 Å². The van der Waals surface area contributed by atoms with E-state index in [1.165, 1.54) is 0 Å². The second-order valence-electron chi connectivity index (χ2n) is 6.86. The van der Waals surface area contributed by atoms with Gasteiger partial charge in [0, 0.05) is 12.3 Å². The largest absolute Gasteiger partial charge is 0.353 e. The van der Waals surface area contributed by atoms with Crippen LogP contribution in [0.4, 0.5) is 0 Å². The molecule has 28 heavy (non-hydrogen) atoms. The van der Waals surface area contributed by atoms with E-state index in [2.05, 4.69) is 34.9 Å². The van der Waals surface area contributed by atoms with Crippen molar-refractivity contribution in [2.45, 2.75) is 17.7 Å². The van der Waals surface area contributed by atoms with Crippen LogP contribution in [-0.4, -0.2) is 30.2 Å². The van der Waals surface area contributed by atoms with E-state index in [9.17, 15) is 9.59 Å². The Labute approximate surface area is 168 Å². The quantitative estimate of drug-likeness (QED) is 0.717. The van der Waals surface area contributed by atoms with E-state index in [-0.39, 0.29) is 23.5 Å². The van der Waals surface area contributed by atoms with Crippen molar-refractivity contribution in [3.8, 4) is 0 Å². The van der Waals surface area contributed by atoms with Gasteiger partial charge in [0.15, 0.2) is 0 Å². The van der Waals surface area contributed by atoms with Gasteiger partial charge in [-0.05, 0) is 21.9 Å². The third-order valence-corrected chi connectivity index (χ3v) is 6.26. The number of rotatable bonds is 4. The van der Waals surface area contributed by atoms with Gasteiger partial charge in [-0.2, -0.15) is 0 Å². The summed E-state index contributed by atoms with van der Waals surface area (Å²) in [5, 5.41) is 8.07. The van der Waals surface area contributed by atoms with Crippen LogP contribution in [0.25, 0.3) is 10.8 Å². The molecule has 1 fully saturated rings. The van der Waals surface area contributed by atoms with Gasteiger partial charge in [-0.1, -0.05) is 72.8 Å². The van der Waals surface area contributed by atoms with E-state index in [1.54, 1.807) is 11.8 Å². The second kappa shape index (κ2) is 8.48. The number of hydrogen-bond donors (Lipinski definition) is 2. The molecule has 4 nitrogen and oxygen atoms in total. The number of hydrogen-bond acceptors (Lipinski definition) is 3. The third-order valence-electron chi connectivity index (χ3n) is 4.94. The molecule has 1 heterocycles. The zero-order valence-electron chi connectivity index (χ0n) is 15.4. The molecule has 0 radical (unpaired) electrons. The van der Waals surface area contributed by atoms with Gasteiger partial charge in [-0.25, -0.2) is 0 Å². The van der Waals surface area contributed by atoms with Gasteiger partial charge in [0.05, 0.1) is 11.7 Å². The minimum absolute atomic E-state index is 0.121. The monoisotopic (exact) mass is 390 g/mol. The van der Waals surface area contributed by atoms with E-state index in [0.29, 0.717) is 6.54 Å². The first-order valence-corrected chi connectivity index (χ1v) is 10.5. The highest BCUT2D eigenvalue weighted by molar-refractivity contribution is 7.99. The van der Waals surface area contributed by atoms with Crippen molar-refractivity contribution >= 4 is 34.3 Å². The van der Waals surface area contributed by atoms with E-state index in [4.69, 9.17) is 0 Å². The fourth-order valence-corrected chi connectivity index (χ4v) is 4.86. The number of fused-ring (bicyclic) bond motifs is 1. The predicted molar refractivity (Wildman–Crippen MR) is 114 cm³/mol. The number of carbonyl (C=O) groups is 2. The van der Waals surface area contributed by atoms with Crippen LogP contribution in [0, 0.1) is 0 Å². The topological polar surface area (TPSA) is 58.2 Å². The molecule has 0 bridgehead atoms. The summed E-state index contributed by atoms with van der Waals surface area (Å²) in [5.41, 5.74) is 2.02. The van der Waals surface area contributed by atoms with E-state index < -0.39 is 6.04 Å². The summed E-state index contributed by atoms with van der Waals surface area (Å²) in [7, 11) is 0. The van der Waals surface area contributed by atoms with Crippen LogP contribution >= 0.6 is 11.8 Å². The molecule has 0 aromatic heterocycles. The first-order valence-electron chi connectivity index (χ1n) is 9.42. The van der Waals surface area contributed by atoms with Gasteiger partial charge in [-0.15, -0.1) is 11.8 Å². The Kier molecular flexibility index (Phi) is 5.63. The van der Waals surface area contributed by atoms with Crippen LogP contribution in [0.15, 0.2) is 72.8 Å². The molecular formula is C23H22N2O2S. The second-order valence-corrected chi connectivity index (χ2v) is 8.11. The molecule has 2 atom stereocenters. The molecule has 3 aromatic carbocycles. The Morgan fingerprint density at radius 3 is 2.61 bits per heavy atom. The molecule has 4 rings (SSSR count). The maximum absolute atomic E-state index is 12.8. The lowest BCUT2D eigenvalue weighted by Crippen LogP contribution is -2.48. The smallest absolute Gasteiger partial charge is 0.244 e. The zero-order chi connectivity index (χ0) is 19.3. The summed E-state index contributed by atoms with van der Waals surface area (Å²) in [6.45, 7) is 0.607. The minimum Gasteiger partial charge on any atom is -0.353 e. The lowest BCUT2D eigenvalue weighted by Gasteiger charge is -2.25. The summed E-state index contributed by atoms with van der Waals surface area (Å²) in [6, 6.07) is 23.3. The molecule has 5 heteroatoms. The highest BCUT2D eigenvalue weighted by Crippen LogP contribution is 2.37. The van der Waals surface area contributed by atoms with Crippen molar-refractivity contribution in [1.82, 2.24) is 10.6 Å². The highest BCUT2D eigenvalue weighted by atomic mass is 32.2. The van der Waals surface area contributed by atoms with Crippen molar-refractivity contribution in [3.63, 3.8) is 0 Å². The Balaban J connectivity index is 1.64. The van der Waals surface area contributed by atoms with Crippen molar-refractivity contribution in [2.75, 3.05) is 12.3 Å². The first-order chi connectivity index (χ1) is 13.7. The molecule has 142 valence electrons. The summed E-state index contributed by atoms with van der Waals surface area (Å²) in [5.74, 6) is 0.549. The molecule has 1 aliphatic rings. The van der Waals surface area contributed by atoms with Gasteiger partial charge in [0.25, 0.3) is 0 Å². The molecule has 2 N–H and O–H groups in total. The number of amides is 2. The molecule has 1 aliphatic heterocycles. The van der Waals surface area contributed by atoms with Crippen LogP contribution in [0.2, 0.25) is 0 Å². The Bertz CT molecular complexity index is 985. The number of nitrogens with one attached hydrogen (secondary N) is 2. The molecule has 3 aromatic rings. The molecular weight excluding hydrogens is 368 g/mol. The van der Waals surface area contributed by atoms with Gasteiger partial charge in [0.1, 0.15) is 6.04 Å². The van der Waals surface area contributed by atoms with Crippen molar-refractivity contribution < 1.29 is 9.59 Å². The van der Waals surface area contributed by atoms with E-state index in [1.807, 2.05) is 48.5 Å². The Hall–Kier alpha value is -2.79. The van der Waals surface area contributed by atoms with Crippen LogP contribution in [0.1, 0.15) is 16.4 Å². The number of carbonyl (C=O) groups excluding carboxylic acids is 2. The summed E-state index contributed by atoms with van der Waals surface area (Å²) >= 11 is 1.71. The normalized spacial score (nSPS) is 19.6. The maximum atomic E-state index is 12.8. The summed E-state index contributed by atoms with van der Waals surface area (Å²) in [6.07, 6.45) is 0.261. The van der Waals surface area contributed by atoms with Crippen LogP contribution in [0.5, 0.6) is 0 Å². The third kappa shape index (κ3) is 4.04. The fourth-order valence-electron chi connectivity index (χ4n) is 3.62. The molecule has 0 aliphatic carbocycles. The standard InChI is InChI=1S/C23H22N2O2S/c26-20(15-16-7-2-1-3-8-16)25-21-22(28-14-13-24-23(21)27)19-12-6-10-17-9-4-5-11-18(17)19/h1-12,21-22H,13-15H2,(H,24,27)(H,25,26)/t21-,22+/m0/s1. The Morgan fingerprint density at radius 2 is 1.75 bits per heavy atom. The van der Waals surface area contributed by atoms with Crippen LogP contribution in [-0.2, 0) is 16.0 Å². The predicted octanol–water partition coefficient (Wildman–Crippen LogP) is 3.47. The SMILES string of the molecule is O=C(Cc1ccccc1)N[C@@H]1C(=O)NCCS[C@@H]1c1cccc2ccccc12. The van der Waals surface area contributed by atoms with E-state index in [0.717, 1.165) is 27.7 Å². The minimum atomic E-state index is -0.602. The molecule has 0 unspecified atom stereocenters. The van der Waals surface area contributed by atoms with Crippen LogP contribution in [0.3, 0.4) is 0 Å².